The van der Waals surface area contributed by atoms with Gasteiger partial charge in [0, 0.05) is 33.5 Å². The van der Waals surface area contributed by atoms with E-state index in [9.17, 15) is 0 Å². The van der Waals surface area contributed by atoms with Crippen LogP contribution in [0, 0.1) is 0 Å². The molecule has 0 unspecified atom stereocenters. The number of aryl methyl sites for hydroxylation is 1. The van der Waals surface area contributed by atoms with E-state index in [1.807, 2.05) is 6.08 Å². The zero-order valence-corrected chi connectivity index (χ0v) is 28.9. The molecule has 0 saturated heterocycles. The molecule has 0 spiro atoms. The Morgan fingerprint density at radius 2 is 0.824 bits per heavy atom. The van der Waals surface area contributed by atoms with E-state index in [0.717, 1.165) is 46.8 Å². The number of nitrogens with zero attached hydrogens (tertiary/aromatic N) is 2. The first kappa shape index (κ1) is 31.9. The van der Waals surface area contributed by atoms with Crippen LogP contribution < -0.4 is 9.80 Å². The highest BCUT2D eigenvalue weighted by Crippen LogP contribution is 2.42. The number of fused-ring (bicyclic) bond motifs is 2. The second kappa shape index (κ2) is 14.2. The van der Waals surface area contributed by atoms with Crippen molar-refractivity contribution < 1.29 is 0 Å². The summed E-state index contributed by atoms with van der Waals surface area (Å²) in [6.07, 6.45) is 4.13. The lowest BCUT2D eigenvalue weighted by molar-refractivity contribution is 0.929. The number of benzene rings is 8. The zero-order chi connectivity index (χ0) is 34.6. The van der Waals surface area contributed by atoms with E-state index in [4.69, 9.17) is 0 Å². The average molecular weight is 657 g/mol. The molecule has 0 atom stereocenters. The van der Waals surface area contributed by atoms with Crippen molar-refractivity contribution >= 4 is 61.7 Å². The van der Waals surface area contributed by atoms with Gasteiger partial charge in [0.25, 0.3) is 0 Å². The van der Waals surface area contributed by atoms with Crippen LogP contribution in [-0.2, 0) is 6.42 Å². The van der Waals surface area contributed by atoms with E-state index in [1.165, 1.54) is 43.9 Å². The SMILES string of the molecule is C=Cc1ccc(N(c2ccccc2)c2ccc(-c3ccc(N(c4ccccc4)c4ccc(CCC)c5ccccc45)cc3)cc2)c2ccccc12. The summed E-state index contributed by atoms with van der Waals surface area (Å²) >= 11 is 0. The molecular weight excluding hydrogens is 617 g/mol. The Labute approximate surface area is 301 Å². The highest BCUT2D eigenvalue weighted by atomic mass is 15.1. The van der Waals surface area contributed by atoms with E-state index >= 15 is 0 Å². The van der Waals surface area contributed by atoms with Crippen LogP contribution in [0.15, 0.2) is 189 Å². The molecule has 51 heavy (non-hydrogen) atoms. The van der Waals surface area contributed by atoms with Gasteiger partial charge < -0.3 is 9.80 Å². The summed E-state index contributed by atoms with van der Waals surface area (Å²) in [5, 5.41) is 4.97. The number of hydrogen-bond donors (Lipinski definition) is 0. The van der Waals surface area contributed by atoms with Gasteiger partial charge in [-0.1, -0.05) is 147 Å². The van der Waals surface area contributed by atoms with Crippen molar-refractivity contribution in [3.63, 3.8) is 0 Å². The van der Waals surface area contributed by atoms with Crippen LogP contribution in [0.25, 0.3) is 38.7 Å². The third-order valence-corrected chi connectivity index (χ3v) is 9.76. The Morgan fingerprint density at radius 1 is 0.412 bits per heavy atom. The highest BCUT2D eigenvalue weighted by Gasteiger charge is 2.18. The average Bonchev–Trinajstić information content (AvgIpc) is 3.20. The van der Waals surface area contributed by atoms with Gasteiger partial charge in [0.15, 0.2) is 0 Å². The molecule has 0 N–H and O–H groups in total. The van der Waals surface area contributed by atoms with Crippen LogP contribution in [-0.4, -0.2) is 0 Å². The number of rotatable bonds is 10. The van der Waals surface area contributed by atoms with Crippen molar-refractivity contribution in [1.29, 1.82) is 0 Å². The topological polar surface area (TPSA) is 6.48 Å². The number of hydrogen-bond acceptors (Lipinski definition) is 2. The van der Waals surface area contributed by atoms with Gasteiger partial charge in [-0.3, -0.25) is 0 Å². The number of para-hydroxylation sites is 2. The van der Waals surface area contributed by atoms with Gasteiger partial charge >= 0.3 is 0 Å². The van der Waals surface area contributed by atoms with Crippen LogP contribution >= 0.6 is 0 Å². The van der Waals surface area contributed by atoms with Gasteiger partial charge in [0.2, 0.25) is 0 Å². The summed E-state index contributed by atoms with van der Waals surface area (Å²) in [5.41, 5.74) is 11.7. The number of anilines is 6. The zero-order valence-electron chi connectivity index (χ0n) is 28.9. The van der Waals surface area contributed by atoms with Gasteiger partial charge in [0.1, 0.15) is 0 Å². The van der Waals surface area contributed by atoms with Gasteiger partial charge in [-0.25, -0.2) is 0 Å². The van der Waals surface area contributed by atoms with E-state index in [2.05, 4.69) is 205 Å². The quantitative estimate of drug-likeness (QED) is 0.145. The van der Waals surface area contributed by atoms with Crippen molar-refractivity contribution in [2.75, 3.05) is 9.80 Å². The van der Waals surface area contributed by atoms with Crippen LogP contribution in [0.4, 0.5) is 34.1 Å². The fourth-order valence-corrected chi connectivity index (χ4v) is 7.32. The molecule has 0 aliphatic rings. The lowest BCUT2D eigenvalue weighted by Gasteiger charge is -2.28. The normalized spacial score (nSPS) is 11.1. The van der Waals surface area contributed by atoms with E-state index in [0.29, 0.717) is 0 Å². The van der Waals surface area contributed by atoms with Crippen LogP contribution in [0.2, 0.25) is 0 Å². The predicted octanol–water partition coefficient (Wildman–Crippen LogP) is 14.2. The smallest absolute Gasteiger partial charge is 0.0540 e. The molecule has 0 fully saturated rings. The molecule has 0 aliphatic heterocycles. The third-order valence-electron chi connectivity index (χ3n) is 9.76. The Kier molecular flexibility index (Phi) is 8.89. The molecule has 0 aromatic heterocycles. The highest BCUT2D eigenvalue weighted by molar-refractivity contribution is 6.03. The maximum atomic E-state index is 4.06. The van der Waals surface area contributed by atoms with E-state index in [1.54, 1.807) is 0 Å². The largest absolute Gasteiger partial charge is 0.310 e. The van der Waals surface area contributed by atoms with Crippen molar-refractivity contribution in [1.82, 2.24) is 0 Å². The molecule has 0 heterocycles. The summed E-state index contributed by atoms with van der Waals surface area (Å²) in [6.45, 7) is 6.31. The van der Waals surface area contributed by atoms with E-state index < -0.39 is 0 Å². The molecule has 0 bridgehead atoms. The van der Waals surface area contributed by atoms with Gasteiger partial charge in [0.05, 0.1) is 11.4 Å². The second-order valence-corrected chi connectivity index (χ2v) is 12.9. The van der Waals surface area contributed by atoms with Gasteiger partial charge in [-0.2, -0.15) is 0 Å². The van der Waals surface area contributed by atoms with E-state index in [-0.39, 0.29) is 0 Å². The first-order valence-electron chi connectivity index (χ1n) is 17.8. The van der Waals surface area contributed by atoms with Crippen molar-refractivity contribution in [3.05, 3.63) is 200 Å². The Morgan fingerprint density at radius 3 is 1.31 bits per heavy atom. The predicted molar refractivity (Wildman–Crippen MR) is 220 cm³/mol. The fraction of sp³-hybridized carbons (Fsp3) is 0.0612. The summed E-state index contributed by atoms with van der Waals surface area (Å²) in [6, 6.07) is 65.5. The summed E-state index contributed by atoms with van der Waals surface area (Å²) in [7, 11) is 0. The third kappa shape index (κ3) is 6.17. The van der Waals surface area contributed by atoms with Gasteiger partial charge in [-0.05, 0) is 100 Å². The molecule has 0 aliphatic carbocycles. The minimum atomic E-state index is 1.07. The van der Waals surface area contributed by atoms with Crippen molar-refractivity contribution in [2.45, 2.75) is 19.8 Å². The summed E-state index contributed by atoms with van der Waals surface area (Å²) in [5.74, 6) is 0. The molecule has 8 aromatic rings. The van der Waals surface area contributed by atoms with Crippen molar-refractivity contribution in [2.24, 2.45) is 0 Å². The maximum Gasteiger partial charge on any atom is 0.0540 e. The van der Waals surface area contributed by atoms with Crippen molar-refractivity contribution in [3.8, 4) is 11.1 Å². The summed E-state index contributed by atoms with van der Waals surface area (Å²) < 4.78 is 0. The molecular formula is C49H40N2. The van der Waals surface area contributed by atoms with Crippen LogP contribution in [0.5, 0.6) is 0 Å². The standard InChI is InChI=1S/C49H40N2/c1-3-15-39-29-35-49(47-23-14-12-21-45(39)47)51(41-18-9-6-10-19-41)43-32-26-38(27-33-43)37-24-30-42(31-25-37)50(40-16-7-5-8-17-40)48-34-28-36(4-2)44-20-11-13-22-46(44)48/h4-14,16-35H,2-3,15H2,1H3. The fourth-order valence-electron chi connectivity index (χ4n) is 7.32. The lowest BCUT2D eigenvalue weighted by Crippen LogP contribution is -2.11. The minimum absolute atomic E-state index is 1.07. The Hall–Kier alpha value is -6.38. The molecule has 0 radical (unpaired) electrons. The molecule has 8 rings (SSSR count). The molecule has 0 amide bonds. The molecule has 0 saturated carbocycles. The monoisotopic (exact) mass is 656 g/mol. The Balaban J connectivity index is 1.16. The van der Waals surface area contributed by atoms with Gasteiger partial charge in [-0.15, -0.1) is 0 Å². The molecule has 2 nitrogen and oxygen atoms in total. The van der Waals surface area contributed by atoms with Crippen LogP contribution in [0.3, 0.4) is 0 Å². The maximum absolute atomic E-state index is 4.06. The molecule has 246 valence electrons. The Bertz CT molecular complexity index is 2430. The minimum Gasteiger partial charge on any atom is -0.310 e. The first-order chi connectivity index (χ1) is 25.2. The van der Waals surface area contributed by atoms with Crippen LogP contribution in [0.1, 0.15) is 24.5 Å². The lowest BCUT2D eigenvalue weighted by atomic mass is 9.98. The molecule has 8 aromatic carbocycles. The first-order valence-corrected chi connectivity index (χ1v) is 17.8. The summed E-state index contributed by atoms with van der Waals surface area (Å²) in [4.78, 5) is 4.72. The second-order valence-electron chi connectivity index (χ2n) is 12.9. The molecule has 2 heteroatoms.